The summed E-state index contributed by atoms with van der Waals surface area (Å²) in [5.74, 6) is -0.853. The summed E-state index contributed by atoms with van der Waals surface area (Å²) in [7, 11) is 1.43. The molecule has 0 aromatic carbocycles. The van der Waals surface area contributed by atoms with Crippen LogP contribution in [0.2, 0.25) is 0 Å². The molecule has 1 fully saturated rings. The largest absolute Gasteiger partial charge is 0.472 e. The number of phosphoric acid groups is 1. The minimum Gasteiger partial charge on any atom is -0.462 e. The molecule has 0 aromatic heterocycles. The molecular weight excluding hydrogens is 741 g/mol. The summed E-state index contributed by atoms with van der Waals surface area (Å²) < 4.78 is 40.0. The van der Waals surface area contributed by atoms with Crippen LogP contribution in [0.3, 0.4) is 0 Å². The summed E-state index contributed by atoms with van der Waals surface area (Å²) in [4.78, 5) is 35.4. The molecule has 1 aliphatic heterocycles. The third kappa shape index (κ3) is 35.3. The number of nitrogens with zero attached hydrogens (tertiary/aromatic N) is 1. The van der Waals surface area contributed by atoms with Gasteiger partial charge in [-0.1, -0.05) is 126 Å². The van der Waals surface area contributed by atoms with Gasteiger partial charge in [0.25, 0.3) is 0 Å². The van der Waals surface area contributed by atoms with Gasteiger partial charge < -0.3 is 23.6 Å². The van der Waals surface area contributed by atoms with E-state index >= 15 is 0 Å². The third-order valence-electron chi connectivity index (χ3n) is 9.46. The Hall–Kier alpha value is -2.33. The van der Waals surface area contributed by atoms with Crippen LogP contribution in [-0.4, -0.2) is 87.1 Å². The zero-order valence-corrected chi connectivity index (χ0v) is 37.4. The normalized spacial score (nSPS) is 17.7. The fourth-order valence-corrected chi connectivity index (χ4v) is 6.63. The molecule has 0 radical (unpaired) electrons. The maximum Gasteiger partial charge on any atom is 0.472 e. The molecule has 11 heteroatoms. The van der Waals surface area contributed by atoms with Gasteiger partial charge in [-0.25, -0.2) is 4.57 Å². The Labute approximate surface area is 347 Å². The molecule has 10 nitrogen and oxygen atoms in total. The van der Waals surface area contributed by atoms with Crippen molar-refractivity contribution in [3.63, 3.8) is 0 Å². The molecule has 1 heterocycles. The fraction of sp³-hybridized carbons (Fsp3) is 0.739. The molecule has 0 spiro atoms. The van der Waals surface area contributed by atoms with E-state index in [1.807, 2.05) is 21.1 Å². The number of hydrogen-bond acceptors (Lipinski definition) is 8. The van der Waals surface area contributed by atoms with Crippen molar-refractivity contribution in [2.24, 2.45) is 0 Å². The molecule has 0 amide bonds. The standard InChI is InChI=1S/C46H80NO9P/c1-6-8-10-11-12-13-14-15-16-17-18-19-20-21-26-29-33-37-46(49)55-42(41-54-57(50,51)53-39-38-47(3,4)5)40-52-45(48)36-32-28-25-23-22-24-27-31-35-44-43(56-44)34-30-9-7-2/h8,10,12-13,15-16,18-19,27,31,42-44H,6-7,9,11,14,17,20-26,28-30,32-41H2,1-5H3/p+1/b10-8-,13-12-,16-15-,19-18-,31-27-/t42-,43?,44?/m1/s1. The average Bonchev–Trinajstić information content (AvgIpc) is 3.91. The Balaban J connectivity index is 2.31. The monoisotopic (exact) mass is 823 g/mol. The first-order chi connectivity index (χ1) is 27.5. The highest BCUT2D eigenvalue weighted by molar-refractivity contribution is 7.47. The second kappa shape index (κ2) is 34.5. The van der Waals surface area contributed by atoms with Crippen molar-refractivity contribution >= 4 is 19.8 Å². The highest BCUT2D eigenvalue weighted by Crippen LogP contribution is 2.43. The van der Waals surface area contributed by atoms with Gasteiger partial charge in [-0.05, 0) is 77.0 Å². The topological polar surface area (TPSA) is 121 Å². The molecule has 0 aliphatic carbocycles. The lowest BCUT2D eigenvalue weighted by Gasteiger charge is -2.24. The zero-order chi connectivity index (χ0) is 41.9. The third-order valence-corrected chi connectivity index (χ3v) is 10.4. The molecule has 0 bridgehead atoms. The number of allylic oxidation sites excluding steroid dienone is 9. The number of quaternary nitrogens is 1. The van der Waals surface area contributed by atoms with Crippen LogP contribution in [0.25, 0.3) is 0 Å². The number of esters is 2. The molecule has 1 N–H and O–H groups in total. The van der Waals surface area contributed by atoms with Crippen molar-refractivity contribution in [3.8, 4) is 0 Å². The number of epoxide rings is 1. The van der Waals surface area contributed by atoms with Crippen LogP contribution in [0.4, 0.5) is 0 Å². The highest BCUT2D eigenvalue weighted by atomic mass is 31.2. The molecular formula is C46H81NO9P+. The van der Waals surface area contributed by atoms with Crippen LogP contribution in [0.15, 0.2) is 60.8 Å². The Morgan fingerprint density at radius 3 is 1.84 bits per heavy atom. The molecule has 0 saturated carbocycles. The molecule has 3 unspecified atom stereocenters. The lowest BCUT2D eigenvalue weighted by molar-refractivity contribution is -0.870. The van der Waals surface area contributed by atoms with E-state index in [0.717, 1.165) is 89.9 Å². The molecule has 328 valence electrons. The highest BCUT2D eigenvalue weighted by Gasteiger charge is 2.36. The number of phosphoric ester groups is 1. The Kier molecular flexibility index (Phi) is 31.9. The quantitative estimate of drug-likeness (QED) is 0.0162. The summed E-state index contributed by atoms with van der Waals surface area (Å²) >= 11 is 0. The first-order valence-electron chi connectivity index (χ1n) is 22.1. The van der Waals surface area contributed by atoms with E-state index < -0.39 is 32.5 Å². The van der Waals surface area contributed by atoms with Gasteiger partial charge in [-0.3, -0.25) is 18.6 Å². The van der Waals surface area contributed by atoms with Gasteiger partial charge >= 0.3 is 19.8 Å². The van der Waals surface area contributed by atoms with Crippen molar-refractivity contribution < 1.29 is 46.8 Å². The van der Waals surface area contributed by atoms with E-state index in [2.05, 4.69) is 74.6 Å². The number of carbonyl (C=O) groups is 2. The number of carbonyl (C=O) groups excluding carboxylic acids is 2. The van der Waals surface area contributed by atoms with Gasteiger partial charge in [0.05, 0.1) is 40.0 Å². The van der Waals surface area contributed by atoms with Crippen LogP contribution >= 0.6 is 7.82 Å². The first kappa shape index (κ1) is 52.7. The molecule has 1 aliphatic rings. The fourth-order valence-electron chi connectivity index (χ4n) is 5.89. The molecule has 1 rings (SSSR count). The van der Waals surface area contributed by atoms with Gasteiger partial charge in [0, 0.05) is 12.8 Å². The molecule has 4 atom stereocenters. The predicted octanol–water partition coefficient (Wildman–Crippen LogP) is 11.5. The number of rotatable bonds is 38. The van der Waals surface area contributed by atoms with Crippen molar-refractivity contribution in [3.05, 3.63) is 60.8 Å². The minimum atomic E-state index is -4.39. The van der Waals surface area contributed by atoms with Crippen LogP contribution < -0.4 is 0 Å². The summed E-state index contributed by atoms with van der Waals surface area (Å²) in [6.07, 6.45) is 42.9. The summed E-state index contributed by atoms with van der Waals surface area (Å²) in [5, 5.41) is 0. The average molecular weight is 823 g/mol. The van der Waals surface area contributed by atoms with Crippen molar-refractivity contribution in [2.75, 3.05) is 47.5 Å². The molecule has 1 saturated heterocycles. The smallest absolute Gasteiger partial charge is 0.462 e. The van der Waals surface area contributed by atoms with E-state index in [1.165, 1.54) is 25.7 Å². The second-order valence-corrected chi connectivity index (χ2v) is 17.5. The SMILES string of the molecule is CC/C=C\C/C=C\C/C=C\C/C=C\CCCCCCC(=O)O[C@H](COC(=O)CCCCCCC/C=C\CC1OC1CCCCC)COP(=O)(O)OCC[N+](C)(C)C. The second-order valence-electron chi connectivity index (χ2n) is 16.1. The summed E-state index contributed by atoms with van der Waals surface area (Å²) in [5.41, 5.74) is 0. The number of likely N-dealkylation sites (N-methyl/N-ethyl adjacent to an activating group) is 1. The Bertz CT molecular complexity index is 1220. The maximum absolute atomic E-state index is 12.7. The minimum absolute atomic E-state index is 0.0190. The number of hydrogen-bond donors (Lipinski definition) is 1. The van der Waals surface area contributed by atoms with E-state index in [-0.39, 0.29) is 26.1 Å². The van der Waals surface area contributed by atoms with E-state index in [4.69, 9.17) is 23.3 Å². The van der Waals surface area contributed by atoms with Gasteiger partial charge in [-0.2, -0.15) is 0 Å². The predicted molar refractivity (Wildman–Crippen MR) is 233 cm³/mol. The molecule has 57 heavy (non-hydrogen) atoms. The van der Waals surface area contributed by atoms with E-state index in [1.54, 1.807) is 0 Å². The van der Waals surface area contributed by atoms with Gasteiger partial charge in [0.1, 0.15) is 19.8 Å². The zero-order valence-electron chi connectivity index (χ0n) is 36.5. The Morgan fingerprint density at radius 1 is 0.667 bits per heavy atom. The Morgan fingerprint density at radius 2 is 1.23 bits per heavy atom. The summed E-state index contributed by atoms with van der Waals surface area (Å²) in [6, 6.07) is 0. The van der Waals surface area contributed by atoms with E-state index in [9.17, 15) is 19.0 Å². The van der Waals surface area contributed by atoms with Crippen LogP contribution in [0.5, 0.6) is 0 Å². The van der Waals surface area contributed by atoms with Crippen LogP contribution in [-0.2, 0) is 37.4 Å². The van der Waals surface area contributed by atoms with Crippen LogP contribution in [0, 0.1) is 0 Å². The van der Waals surface area contributed by atoms with Gasteiger partial charge in [0.2, 0.25) is 0 Å². The lowest BCUT2D eigenvalue weighted by atomic mass is 10.1. The number of ether oxygens (including phenoxy) is 3. The maximum atomic E-state index is 12.7. The first-order valence-corrected chi connectivity index (χ1v) is 23.6. The lowest BCUT2D eigenvalue weighted by Crippen LogP contribution is -2.37. The van der Waals surface area contributed by atoms with E-state index in [0.29, 0.717) is 36.1 Å². The van der Waals surface area contributed by atoms with Crippen molar-refractivity contribution in [2.45, 2.75) is 173 Å². The van der Waals surface area contributed by atoms with Crippen molar-refractivity contribution in [1.29, 1.82) is 0 Å². The van der Waals surface area contributed by atoms with Crippen molar-refractivity contribution in [1.82, 2.24) is 0 Å². The summed E-state index contributed by atoms with van der Waals surface area (Å²) in [6.45, 7) is 4.21. The number of unbranched alkanes of at least 4 members (excludes halogenated alkanes) is 11. The van der Waals surface area contributed by atoms with Gasteiger partial charge in [0.15, 0.2) is 6.10 Å². The van der Waals surface area contributed by atoms with Crippen LogP contribution in [0.1, 0.15) is 155 Å². The molecule has 0 aromatic rings. The van der Waals surface area contributed by atoms with Gasteiger partial charge in [-0.15, -0.1) is 0 Å².